The van der Waals surface area contributed by atoms with Gasteiger partial charge in [-0.05, 0) is 85.2 Å². The molecule has 2 amide bonds. The predicted molar refractivity (Wildman–Crippen MR) is 139 cm³/mol. The van der Waals surface area contributed by atoms with E-state index < -0.39 is 0 Å². The molecule has 1 N–H and O–H groups in total. The number of urea groups is 1. The first-order chi connectivity index (χ1) is 17.1. The van der Waals surface area contributed by atoms with Crippen LogP contribution >= 0.6 is 11.3 Å². The highest BCUT2D eigenvalue weighted by Gasteiger charge is 2.36. The van der Waals surface area contributed by atoms with Crippen LogP contribution in [0.5, 0.6) is 0 Å². The minimum absolute atomic E-state index is 0.183. The number of nitrogens with zero attached hydrogens (tertiary/aromatic N) is 2. The fraction of sp³-hybridized carbons (Fsp3) is 0.276. The van der Waals surface area contributed by atoms with E-state index in [2.05, 4.69) is 59.4 Å². The fourth-order valence-electron chi connectivity index (χ4n) is 5.40. The van der Waals surface area contributed by atoms with Gasteiger partial charge in [0.2, 0.25) is 0 Å². The third kappa shape index (κ3) is 3.96. The molecule has 0 fully saturated rings. The summed E-state index contributed by atoms with van der Waals surface area (Å²) < 4.78 is 15.8. The Bertz CT molecular complexity index is 1370. The topological polar surface area (TPSA) is 37.3 Å². The molecule has 2 aromatic carbocycles. The van der Waals surface area contributed by atoms with Crippen LogP contribution in [0.2, 0.25) is 0 Å². The van der Waals surface area contributed by atoms with E-state index in [-0.39, 0.29) is 17.9 Å². The van der Waals surface area contributed by atoms with Gasteiger partial charge in [-0.1, -0.05) is 31.2 Å². The third-order valence-corrected chi connectivity index (χ3v) is 8.57. The first-order valence-corrected chi connectivity index (χ1v) is 13.2. The molecule has 3 heterocycles. The average molecular weight is 486 g/mol. The van der Waals surface area contributed by atoms with E-state index in [1.807, 2.05) is 16.2 Å². The number of carbonyl (C=O) groups excluding carboxylic acids is 1. The van der Waals surface area contributed by atoms with Crippen molar-refractivity contribution in [2.24, 2.45) is 0 Å². The van der Waals surface area contributed by atoms with Gasteiger partial charge in [0.25, 0.3) is 0 Å². The number of carbonyl (C=O) groups is 1. The molecule has 6 heteroatoms. The average Bonchev–Trinajstić information content (AvgIpc) is 3.47. The van der Waals surface area contributed by atoms with Crippen molar-refractivity contribution >= 4 is 23.1 Å². The van der Waals surface area contributed by atoms with Gasteiger partial charge in [0.15, 0.2) is 0 Å². The summed E-state index contributed by atoms with van der Waals surface area (Å²) in [6.07, 6.45) is 7.71. The van der Waals surface area contributed by atoms with E-state index >= 15 is 0 Å². The summed E-state index contributed by atoms with van der Waals surface area (Å²) in [5.41, 5.74) is 6.72. The molecule has 6 rings (SSSR count). The first kappa shape index (κ1) is 22.1. The maximum Gasteiger partial charge on any atom is 0.322 e. The molecule has 0 spiro atoms. The molecule has 1 atom stereocenters. The zero-order valence-electron chi connectivity index (χ0n) is 19.8. The number of halogens is 1. The maximum absolute atomic E-state index is 13.9. The number of amides is 2. The number of thiophene rings is 1. The summed E-state index contributed by atoms with van der Waals surface area (Å²) in [5, 5.41) is 4.27. The van der Waals surface area contributed by atoms with E-state index in [0.29, 0.717) is 12.2 Å². The van der Waals surface area contributed by atoms with Crippen LogP contribution in [0.15, 0.2) is 66.9 Å². The van der Waals surface area contributed by atoms with Gasteiger partial charge >= 0.3 is 6.03 Å². The number of anilines is 1. The molecule has 1 unspecified atom stereocenters. The molecule has 178 valence electrons. The Kier molecular flexibility index (Phi) is 5.69. The lowest BCUT2D eigenvalue weighted by Gasteiger charge is -2.31. The van der Waals surface area contributed by atoms with Crippen molar-refractivity contribution in [2.75, 3.05) is 5.32 Å². The molecular weight excluding hydrogens is 457 g/mol. The van der Waals surface area contributed by atoms with Crippen LogP contribution in [-0.4, -0.2) is 15.5 Å². The second-order valence-electron chi connectivity index (χ2n) is 9.36. The van der Waals surface area contributed by atoms with Gasteiger partial charge in [-0.25, -0.2) is 9.18 Å². The zero-order chi connectivity index (χ0) is 23.9. The lowest BCUT2D eigenvalue weighted by atomic mass is 9.95. The van der Waals surface area contributed by atoms with Crippen LogP contribution in [0.1, 0.15) is 58.6 Å². The smallest absolute Gasteiger partial charge is 0.310 e. The van der Waals surface area contributed by atoms with Gasteiger partial charge in [0.05, 0.1) is 18.3 Å². The van der Waals surface area contributed by atoms with E-state index in [0.717, 1.165) is 30.5 Å². The van der Waals surface area contributed by atoms with Crippen LogP contribution in [0.4, 0.5) is 14.9 Å². The Morgan fingerprint density at radius 1 is 1.03 bits per heavy atom. The number of hydrogen-bond donors (Lipinski definition) is 1. The first-order valence-electron chi connectivity index (χ1n) is 12.4. The normalized spacial score (nSPS) is 16.7. The van der Waals surface area contributed by atoms with Crippen LogP contribution in [0, 0.1) is 5.82 Å². The molecule has 0 radical (unpaired) electrons. The van der Waals surface area contributed by atoms with E-state index in [1.165, 1.54) is 51.5 Å². The van der Waals surface area contributed by atoms with Crippen LogP contribution in [0.25, 0.3) is 5.00 Å². The summed E-state index contributed by atoms with van der Waals surface area (Å²) in [5.74, 6) is -0.320. The second kappa shape index (κ2) is 9.00. The molecule has 0 saturated heterocycles. The van der Waals surface area contributed by atoms with Crippen molar-refractivity contribution < 1.29 is 9.18 Å². The van der Waals surface area contributed by atoms with Gasteiger partial charge in [0.1, 0.15) is 10.8 Å². The Morgan fingerprint density at radius 3 is 2.57 bits per heavy atom. The SMILES string of the molecule is CCc1ccc(C2c3cccn3-c3sc4c(c3CN2C(=O)Nc2ccc(F)cc2)CCCC4)cc1. The predicted octanol–water partition coefficient (Wildman–Crippen LogP) is 7.26. The molecule has 2 aliphatic rings. The van der Waals surface area contributed by atoms with Gasteiger partial charge in [-0.2, -0.15) is 0 Å². The summed E-state index contributed by atoms with van der Waals surface area (Å²) in [6.45, 7) is 2.69. The lowest BCUT2D eigenvalue weighted by Crippen LogP contribution is -2.38. The van der Waals surface area contributed by atoms with Crippen molar-refractivity contribution in [1.29, 1.82) is 0 Å². The van der Waals surface area contributed by atoms with E-state index in [9.17, 15) is 9.18 Å². The molecule has 1 aliphatic heterocycles. The summed E-state index contributed by atoms with van der Waals surface area (Å²) in [4.78, 5) is 17.3. The number of hydrogen-bond acceptors (Lipinski definition) is 2. The van der Waals surface area contributed by atoms with Crippen molar-refractivity contribution in [3.8, 4) is 5.00 Å². The minimum Gasteiger partial charge on any atom is -0.310 e. The largest absolute Gasteiger partial charge is 0.322 e. The zero-order valence-corrected chi connectivity index (χ0v) is 20.6. The van der Waals surface area contributed by atoms with E-state index in [1.54, 1.807) is 12.1 Å². The number of nitrogens with one attached hydrogen (secondary N) is 1. The van der Waals surface area contributed by atoms with Gasteiger partial charge in [-0.15, -0.1) is 11.3 Å². The highest BCUT2D eigenvalue weighted by molar-refractivity contribution is 7.15. The Balaban J connectivity index is 1.48. The van der Waals surface area contributed by atoms with Crippen molar-refractivity contribution in [3.05, 3.63) is 106 Å². The second-order valence-corrected chi connectivity index (χ2v) is 10.4. The number of aromatic nitrogens is 1. The molecule has 35 heavy (non-hydrogen) atoms. The monoisotopic (exact) mass is 485 g/mol. The van der Waals surface area contributed by atoms with Crippen LogP contribution < -0.4 is 5.32 Å². The minimum atomic E-state index is -0.320. The third-order valence-electron chi connectivity index (χ3n) is 7.24. The molecule has 4 aromatic rings. The van der Waals surface area contributed by atoms with Crippen molar-refractivity contribution in [3.63, 3.8) is 0 Å². The Labute approximate surface area is 209 Å². The highest BCUT2D eigenvalue weighted by atomic mass is 32.1. The molecule has 4 nitrogen and oxygen atoms in total. The van der Waals surface area contributed by atoms with Gasteiger partial charge in [-0.3, -0.25) is 0 Å². The summed E-state index contributed by atoms with van der Waals surface area (Å²) in [7, 11) is 0. The highest BCUT2D eigenvalue weighted by Crippen LogP contribution is 2.44. The molecule has 0 saturated carbocycles. The lowest BCUT2D eigenvalue weighted by molar-refractivity contribution is 0.194. The molecule has 2 aromatic heterocycles. The number of rotatable bonds is 3. The van der Waals surface area contributed by atoms with Crippen LogP contribution in [-0.2, 0) is 25.8 Å². The Morgan fingerprint density at radius 2 is 1.80 bits per heavy atom. The standard InChI is InChI=1S/C29H28FN3OS/c1-2-19-9-11-20(12-10-19)27-25-7-5-17-32(25)28-24(23-6-3-4-8-26(23)35-28)18-33(27)29(34)31-22-15-13-21(30)14-16-22/h5,7,9-17,27H,2-4,6,8,18H2,1H3,(H,31,34). The molecule has 1 aliphatic carbocycles. The maximum atomic E-state index is 13.9. The fourth-order valence-corrected chi connectivity index (χ4v) is 6.81. The van der Waals surface area contributed by atoms with Crippen molar-refractivity contribution in [2.45, 2.75) is 51.6 Å². The van der Waals surface area contributed by atoms with Crippen molar-refractivity contribution in [1.82, 2.24) is 9.47 Å². The van der Waals surface area contributed by atoms with E-state index in [4.69, 9.17) is 0 Å². The Hall–Kier alpha value is -3.38. The van der Waals surface area contributed by atoms with Crippen LogP contribution in [0.3, 0.4) is 0 Å². The molecule has 0 bridgehead atoms. The summed E-state index contributed by atoms with van der Waals surface area (Å²) >= 11 is 1.88. The number of fused-ring (bicyclic) bond motifs is 5. The van der Waals surface area contributed by atoms with Gasteiger partial charge in [0, 0.05) is 22.3 Å². The number of aryl methyl sites for hydroxylation is 2. The number of benzene rings is 2. The summed E-state index contributed by atoms with van der Waals surface area (Å²) in [6, 6.07) is 18.3. The molecular formula is C29H28FN3OS. The quantitative estimate of drug-likeness (QED) is 0.326. The van der Waals surface area contributed by atoms with Gasteiger partial charge < -0.3 is 14.8 Å².